The second-order valence-electron chi connectivity index (χ2n) is 10.3. The fraction of sp³-hybridized carbons (Fsp3) is 0.387. The Hall–Kier alpha value is -3.85. The van der Waals surface area contributed by atoms with Crippen molar-refractivity contribution < 1.29 is 4.79 Å². The first kappa shape index (κ1) is 24.8. The maximum atomic E-state index is 13.5. The third kappa shape index (κ3) is 5.61. The Morgan fingerprint density at radius 2 is 1.68 bits per heavy atom. The van der Waals surface area contributed by atoms with E-state index in [0.29, 0.717) is 19.0 Å². The van der Waals surface area contributed by atoms with E-state index in [4.69, 9.17) is 0 Å². The number of hydrogen-bond acceptors (Lipinski definition) is 5. The molecule has 37 heavy (non-hydrogen) atoms. The van der Waals surface area contributed by atoms with Gasteiger partial charge in [0.1, 0.15) is 11.9 Å². The van der Waals surface area contributed by atoms with E-state index in [0.717, 1.165) is 79.3 Å². The number of carbonyl (C=O) groups is 1. The first-order valence-electron chi connectivity index (χ1n) is 13.3. The maximum Gasteiger partial charge on any atom is 0.254 e. The van der Waals surface area contributed by atoms with E-state index in [-0.39, 0.29) is 5.91 Å². The van der Waals surface area contributed by atoms with Gasteiger partial charge in [0, 0.05) is 50.5 Å². The van der Waals surface area contributed by atoms with Gasteiger partial charge in [-0.1, -0.05) is 30.3 Å². The van der Waals surface area contributed by atoms with Crippen LogP contribution >= 0.6 is 0 Å². The van der Waals surface area contributed by atoms with Gasteiger partial charge in [-0.2, -0.15) is 5.26 Å². The number of anilines is 2. The van der Waals surface area contributed by atoms with Gasteiger partial charge in [0.15, 0.2) is 0 Å². The molecular formula is C31H35N5O. The summed E-state index contributed by atoms with van der Waals surface area (Å²) in [5.74, 6) is 1.72. The van der Waals surface area contributed by atoms with E-state index in [9.17, 15) is 10.1 Å². The third-order valence-corrected chi connectivity index (χ3v) is 7.80. The number of rotatable bonds is 5. The van der Waals surface area contributed by atoms with E-state index in [1.54, 1.807) is 0 Å². The molecule has 0 saturated carbocycles. The van der Waals surface area contributed by atoms with Gasteiger partial charge >= 0.3 is 0 Å². The molecule has 0 spiro atoms. The summed E-state index contributed by atoms with van der Waals surface area (Å²) >= 11 is 0. The smallest absolute Gasteiger partial charge is 0.254 e. The summed E-state index contributed by atoms with van der Waals surface area (Å²) in [6, 6.07) is 22.7. The van der Waals surface area contributed by atoms with Crippen LogP contribution in [0.4, 0.5) is 11.5 Å². The van der Waals surface area contributed by atoms with E-state index in [2.05, 4.69) is 39.1 Å². The van der Waals surface area contributed by atoms with Gasteiger partial charge in [-0.3, -0.25) is 4.79 Å². The van der Waals surface area contributed by atoms with Gasteiger partial charge in [0.05, 0.1) is 11.3 Å². The van der Waals surface area contributed by atoms with Gasteiger partial charge in [-0.25, -0.2) is 4.98 Å². The number of amides is 1. The highest BCUT2D eigenvalue weighted by Crippen LogP contribution is 2.28. The van der Waals surface area contributed by atoms with Gasteiger partial charge < -0.3 is 14.7 Å². The van der Waals surface area contributed by atoms with Crippen LogP contribution in [0.2, 0.25) is 0 Å². The van der Waals surface area contributed by atoms with Gasteiger partial charge in [-0.15, -0.1) is 0 Å². The molecule has 1 aromatic heterocycles. The Kier molecular flexibility index (Phi) is 7.41. The number of nitriles is 1. The van der Waals surface area contributed by atoms with E-state index >= 15 is 0 Å². The Morgan fingerprint density at radius 1 is 0.919 bits per heavy atom. The molecule has 1 amide bonds. The summed E-state index contributed by atoms with van der Waals surface area (Å²) in [6.45, 7) is 8.98. The van der Waals surface area contributed by atoms with Crippen LogP contribution in [-0.2, 0) is 6.42 Å². The van der Waals surface area contributed by atoms with E-state index < -0.39 is 0 Å². The van der Waals surface area contributed by atoms with Crippen LogP contribution in [0.15, 0.2) is 60.7 Å². The number of hydrogen-bond donors (Lipinski definition) is 0. The fourth-order valence-corrected chi connectivity index (χ4v) is 5.60. The molecule has 0 N–H and O–H groups in total. The molecule has 3 heterocycles. The molecule has 0 atom stereocenters. The molecule has 190 valence electrons. The normalized spacial score (nSPS) is 16.5. The second kappa shape index (κ2) is 11.0. The quantitative estimate of drug-likeness (QED) is 0.501. The maximum absolute atomic E-state index is 13.5. The Morgan fingerprint density at radius 3 is 2.41 bits per heavy atom. The number of aromatic nitrogens is 1. The predicted molar refractivity (Wildman–Crippen MR) is 148 cm³/mol. The lowest BCUT2D eigenvalue weighted by Crippen LogP contribution is -2.49. The van der Waals surface area contributed by atoms with Crippen molar-refractivity contribution in [1.29, 1.82) is 5.26 Å². The van der Waals surface area contributed by atoms with Crippen molar-refractivity contribution in [2.75, 3.05) is 49.1 Å². The van der Waals surface area contributed by atoms with E-state index in [1.165, 1.54) is 5.56 Å². The molecule has 2 fully saturated rings. The molecule has 5 rings (SSSR count). The summed E-state index contributed by atoms with van der Waals surface area (Å²) in [5.41, 5.74) is 5.93. The average molecular weight is 494 g/mol. The van der Waals surface area contributed by atoms with Gasteiger partial charge in [0.25, 0.3) is 5.91 Å². The molecule has 6 heteroatoms. The van der Waals surface area contributed by atoms with Gasteiger partial charge in [-0.05, 0) is 80.5 Å². The number of carbonyl (C=O) groups excluding carboxylic acids is 1. The lowest BCUT2D eigenvalue weighted by molar-refractivity contribution is 0.0745. The zero-order valence-electron chi connectivity index (χ0n) is 21.9. The van der Waals surface area contributed by atoms with Crippen molar-refractivity contribution in [2.45, 2.75) is 33.1 Å². The molecule has 3 aromatic rings. The van der Waals surface area contributed by atoms with Crippen molar-refractivity contribution in [3.63, 3.8) is 0 Å². The summed E-state index contributed by atoms with van der Waals surface area (Å²) in [4.78, 5) is 24.7. The van der Waals surface area contributed by atoms with Crippen LogP contribution in [0.3, 0.4) is 0 Å². The minimum Gasteiger partial charge on any atom is -0.370 e. The second-order valence-corrected chi connectivity index (χ2v) is 10.3. The first-order valence-corrected chi connectivity index (χ1v) is 13.3. The number of nitrogens with zero attached hydrogens (tertiary/aromatic N) is 5. The molecule has 6 nitrogen and oxygen atoms in total. The summed E-state index contributed by atoms with van der Waals surface area (Å²) in [6.07, 6.45) is 3.17. The molecule has 2 saturated heterocycles. The largest absolute Gasteiger partial charge is 0.370 e. The number of benzene rings is 2. The number of piperidine rings is 1. The number of para-hydroxylation sites is 1. The summed E-state index contributed by atoms with van der Waals surface area (Å²) in [7, 11) is 0. The zero-order valence-corrected chi connectivity index (χ0v) is 21.9. The Bertz CT molecular complexity index is 1300. The van der Waals surface area contributed by atoms with Crippen LogP contribution in [0.1, 0.15) is 45.6 Å². The minimum atomic E-state index is 0.138. The predicted octanol–water partition coefficient (Wildman–Crippen LogP) is 4.99. The molecule has 2 aliphatic heterocycles. The van der Waals surface area contributed by atoms with Crippen molar-refractivity contribution in [2.24, 2.45) is 5.92 Å². The monoisotopic (exact) mass is 493 g/mol. The number of aryl methyl sites for hydroxylation is 2. The van der Waals surface area contributed by atoms with Crippen LogP contribution < -0.4 is 9.80 Å². The SMILES string of the molecule is Cc1cccc(N2CCN(C(=O)c3cc(CC4CCN(c5ccccc5C#N)CC4)ccc3C)CC2)n1. The van der Waals surface area contributed by atoms with Gasteiger partial charge in [0.2, 0.25) is 0 Å². The minimum absolute atomic E-state index is 0.138. The van der Waals surface area contributed by atoms with Crippen molar-refractivity contribution in [3.05, 3.63) is 88.6 Å². The molecule has 0 bridgehead atoms. The lowest BCUT2D eigenvalue weighted by atomic mass is 9.88. The first-order chi connectivity index (χ1) is 18.0. The number of pyridine rings is 1. The van der Waals surface area contributed by atoms with Crippen LogP contribution in [0.5, 0.6) is 0 Å². The molecule has 0 radical (unpaired) electrons. The van der Waals surface area contributed by atoms with Crippen molar-refractivity contribution in [3.8, 4) is 6.07 Å². The molecular weight excluding hydrogens is 458 g/mol. The van der Waals surface area contributed by atoms with Crippen LogP contribution in [0, 0.1) is 31.1 Å². The lowest BCUT2D eigenvalue weighted by Gasteiger charge is -2.36. The Balaban J connectivity index is 1.19. The highest BCUT2D eigenvalue weighted by atomic mass is 16.2. The van der Waals surface area contributed by atoms with Crippen molar-refractivity contribution >= 4 is 17.4 Å². The molecule has 2 aliphatic rings. The summed E-state index contributed by atoms with van der Waals surface area (Å²) < 4.78 is 0. The highest BCUT2D eigenvalue weighted by molar-refractivity contribution is 5.96. The Labute approximate surface area is 220 Å². The molecule has 0 aliphatic carbocycles. The average Bonchev–Trinajstić information content (AvgIpc) is 2.94. The highest BCUT2D eigenvalue weighted by Gasteiger charge is 2.25. The standard InChI is InChI=1S/C31H35N5O/c1-23-10-11-26(20-25-12-14-34(15-13-25)29-8-4-3-7-27(29)22-32)21-28(23)31(37)36-18-16-35(17-19-36)30-9-5-6-24(2)33-30/h3-11,21,25H,12-20H2,1-2H3. The number of piperazine rings is 1. The van der Waals surface area contributed by atoms with Crippen LogP contribution in [0.25, 0.3) is 0 Å². The zero-order chi connectivity index (χ0) is 25.8. The molecule has 0 unspecified atom stereocenters. The van der Waals surface area contributed by atoms with Crippen molar-refractivity contribution in [1.82, 2.24) is 9.88 Å². The molecule has 2 aromatic carbocycles. The topological polar surface area (TPSA) is 63.5 Å². The van der Waals surface area contributed by atoms with Crippen LogP contribution in [-0.4, -0.2) is 55.1 Å². The fourth-order valence-electron chi connectivity index (χ4n) is 5.60. The summed E-state index contributed by atoms with van der Waals surface area (Å²) in [5, 5.41) is 9.45. The van der Waals surface area contributed by atoms with E-state index in [1.807, 2.05) is 61.2 Å². The third-order valence-electron chi connectivity index (χ3n) is 7.80.